The van der Waals surface area contributed by atoms with Crippen molar-refractivity contribution < 1.29 is 9.59 Å². The minimum atomic E-state index is -0.238. The lowest BCUT2D eigenvalue weighted by Gasteiger charge is -2.15. The van der Waals surface area contributed by atoms with Crippen LogP contribution in [0.25, 0.3) is 10.2 Å². The number of nitrogens with zero attached hydrogens (tertiary/aromatic N) is 3. The van der Waals surface area contributed by atoms with Crippen LogP contribution in [0, 0.1) is 13.8 Å². The van der Waals surface area contributed by atoms with E-state index in [9.17, 15) is 14.4 Å². The summed E-state index contributed by atoms with van der Waals surface area (Å²) < 4.78 is 1.46. The average molecular weight is 362 g/mol. The van der Waals surface area contributed by atoms with Gasteiger partial charge in [-0.15, -0.1) is 11.3 Å². The Balaban J connectivity index is 1.58. The quantitative estimate of drug-likeness (QED) is 0.866. The molecule has 2 amide bonds. The summed E-state index contributed by atoms with van der Waals surface area (Å²) in [6.45, 7) is 5.70. The molecule has 8 heteroatoms. The number of aryl methyl sites for hydroxylation is 3. The molecule has 0 aromatic carbocycles. The van der Waals surface area contributed by atoms with Crippen molar-refractivity contribution in [3.63, 3.8) is 0 Å². The number of thiophene rings is 1. The van der Waals surface area contributed by atoms with Gasteiger partial charge in [0.2, 0.25) is 11.8 Å². The predicted molar refractivity (Wildman–Crippen MR) is 96.8 cm³/mol. The summed E-state index contributed by atoms with van der Waals surface area (Å²) in [6, 6.07) is 0. The fourth-order valence-electron chi connectivity index (χ4n) is 2.99. The Labute approximate surface area is 149 Å². The van der Waals surface area contributed by atoms with Gasteiger partial charge < -0.3 is 10.2 Å². The van der Waals surface area contributed by atoms with Gasteiger partial charge in [0.1, 0.15) is 4.83 Å². The number of hydrogen-bond acceptors (Lipinski definition) is 5. The fraction of sp³-hybridized carbons (Fsp3) is 0.529. The van der Waals surface area contributed by atoms with E-state index < -0.39 is 0 Å². The van der Waals surface area contributed by atoms with Crippen molar-refractivity contribution in [2.24, 2.45) is 0 Å². The first-order valence-electron chi connectivity index (χ1n) is 8.47. The Hall–Kier alpha value is -2.22. The summed E-state index contributed by atoms with van der Waals surface area (Å²) in [6.07, 6.45) is 3.68. The Morgan fingerprint density at radius 1 is 1.28 bits per heavy atom. The largest absolute Gasteiger partial charge is 0.347 e. The van der Waals surface area contributed by atoms with E-state index in [1.165, 1.54) is 22.2 Å². The molecule has 3 rings (SSSR count). The Morgan fingerprint density at radius 2 is 2.00 bits per heavy atom. The molecular weight excluding hydrogens is 340 g/mol. The number of fused-ring (bicyclic) bond motifs is 1. The number of nitrogens with one attached hydrogen (secondary N) is 1. The fourth-order valence-corrected chi connectivity index (χ4v) is 3.98. The van der Waals surface area contributed by atoms with Crippen LogP contribution in [-0.4, -0.2) is 45.9 Å². The molecule has 2 aromatic rings. The van der Waals surface area contributed by atoms with Crippen molar-refractivity contribution in [3.8, 4) is 0 Å². The summed E-state index contributed by atoms with van der Waals surface area (Å²) in [4.78, 5) is 44.3. The number of rotatable bonds is 5. The highest BCUT2D eigenvalue weighted by Gasteiger charge is 2.18. The smallest absolute Gasteiger partial charge is 0.262 e. The van der Waals surface area contributed by atoms with E-state index in [-0.39, 0.29) is 36.9 Å². The van der Waals surface area contributed by atoms with E-state index in [2.05, 4.69) is 10.3 Å². The van der Waals surface area contributed by atoms with Gasteiger partial charge in [0.25, 0.3) is 5.56 Å². The van der Waals surface area contributed by atoms with Gasteiger partial charge in [-0.1, -0.05) is 0 Å². The highest BCUT2D eigenvalue weighted by atomic mass is 32.1. The maximum absolute atomic E-state index is 12.6. The molecule has 0 saturated carbocycles. The van der Waals surface area contributed by atoms with Gasteiger partial charge in [-0.05, 0) is 32.3 Å². The lowest BCUT2D eigenvalue weighted by molar-refractivity contribution is -0.132. The molecule has 0 unspecified atom stereocenters. The Bertz CT molecular complexity index is 865. The molecule has 1 fully saturated rings. The van der Waals surface area contributed by atoms with Gasteiger partial charge in [0.05, 0.1) is 18.3 Å². The number of likely N-dealkylation sites (tertiary alicyclic amines) is 1. The monoisotopic (exact) mass is 362 g/mol. The molecular formula is C17H22N4O3S. The van der Waals surface area contributed by atoms with Gasteiger partial charge in [-0.2, -0.15) is 0 Å². The second-order valence-corrected chi connectivity index (χ2v) is 7.52. The maximum atomic E-state index is 12.6. The normalized spacial score (nSPS) is 14.2. The summed E-state index contributed by atoms with van der Waals surface area (Å²) in [7, 11) is 0. The minimum absolute atomic E-state index is 0.0217. The van der Waals surface area contributed by atoms with Gasteiger partial charge in [0.15, 0.2) is 0 Å². The molecule has 1 aliphatic heterocycles. The van der Waals surface area contributed by atoms with Gasteiger partial charge in [-0.25, -0.2) is 4.98 Å². The third kappa shape index (κ3) is 3.73. The number of carbonyl (C=O) groups is 2. The summed E-state index contributed by atoms with van der Waals surface area (Å²) in [5.41, 5.74) is 0.834. The second kappa shape index (κ2) is 7.35. The van der Waals surface area contributed by atoms with Crippen molar-refractivity contribution in [2.75, 3.05) is 19.6 Å². The number of carbonyl (C=O) groups excluding carboxylic acids is 2. The number of aromatic nitrogens is 2. The number of hydrogen-bond donors (Lipinski definition) is 1. The highest BCUT2D eigenvalue weighted by molar-refractivity contribution is 7.18. The average Bonchev–Trinajstić information content (AvgIpc) is 3.21. The first-order valence-corrected chi connectivity index (χ1v) is 9.28. The van der Waals surface area contributed by atoms with Crippen molar-refractivity contribution >= 4 is 33.4 Å². The van der Waals surface area contributed by atoms with Crippen LogP contribution in [-0.2, 0) is 16.1 Å². The standard InChI is InChI=1S/C17H22N4O3S/c1-11-12(2)25-16-15(11)17(24)21(10-19-16)8-5-13(22)18-9-14(23)20-6-3-4-7-20/h10H,3-9H2,1-2H3,(H,18,22). The van der Waals surface area contributed by atoms with Crippen LogP contribution in [0.5, 0.6) is 0 Å². The summed E-state index contributed by atoms with van der Waals surface area (Å²) in [5.74, 6) is -0.284. The highest BCUT2D eigenvalue weighted by Crippen LogP contribution is 2.25. The van der Waals surface area contributed by atoms with Gasteiger partial charge in [-0.3, -0.25) is 19.0 Å². The maximum Gasteiger partial charge on any atom is 0.262 e. The second-order valence-electron chi connectivity index (χ2n) is 6.32. The van der Waals surface area contributed by atoms with Crippen LogP contribution in [0.15, 0.2) is 11.1 Å². The molecule has 25 heavy (non-hydrogen) atoms. The van der Waals surface area contributed by atoms with Crippen molar-refractivity contribution in [1.29, 1.82) is 0 Å². The van der Waals surface area contributed by atoms with Crippen LogP contribution in [0.3, 0.4) is 0 Å². The van der Waals surface area contributed by atoms with E-state index >= 15 is 0 Å². The van der Waals surface area contributed by atoms with Gasteiger partial charge in [0, 0.05) is 30.9 Å². The Kier molecular flexibility index (Phi) is 5.17. The summed E-state index contributed by atoms with van der Waals surface area (Å²) in [5, 5.41) is 3.27. The zero-order valence-corrected chi connectivity index (χ0v) is 15.3. The van der Waals surface area contributed by atoms with Crippen molar-refractivity contribution in [3.05, 3.63) is 27.1 Å². The van der Waals surface area contributed by atoms with Crippen LogP contribution >= 0.6 is 11.3 Å². The SMILES string of the molecule is Cc1sc2ncn(CCC(=O)NCC(=O)N3CCCC3)c(=O)c2c1C. The van der Waals surface area contributed by atoms with E-state index in [1.54, 1.807) is 4.90 Å². The molecule has 1 aliphatic rings. The Morgan fingerprint density at radius 3 is 2.72 bits per heavy atom. The van der Waals surface area contributed by atoms with E-state index in [1.807, 2.05) is 13.8 Å². The molecule has 0 aliphatic carbocycles. The van der Waals surface area contributed by atoms with Crippen molar-refractivity contribution in [1.82, 2.24) is 19.8 Å². The molecule has 3 heterocycles. The molecule has 1 saturated heterocycles. The zero-order chi connectivity index (χ0) is 18.0. The first-order chi connectivity index (χ1) is 12.0. The van der Waals surface area contributed by atoms with Crippen LogP contribution in [0.1, 0.15) is 29.7 Å². The van der Waals surface area contributed by atoms with Crippen LogP contribution in [0.2, 0.25) is 0 Å². The topological polar surface area (TPSA) is 84.3 Å². The molecule has 0 atom stereocenters. The van der Waals surface area contributed by atoms with Gasteiger partial charge >= 0.3 is 0 Å². The molecule has 0 bridgehead atoms. The van der Waals surface area contributed by atoms with Crippen LogP contribution in [0.4, 0.5) is 0 Å². The molecule has 1 N–H and O–H groups in total. The van der Waals surface area contributed by atoms with Crippen LogP contribution < -0.4 is 10.9 Å². The lowest BCUT2D eigenvalue weighted by atomic mass is 10.2. The molecule has 0 radical (unpaired) electrons. The van der Waals surface area contributed by atoms with E-state index in [0.29, 0.717) is 5.39 Å². The lowest BCUT2D eigenvalue weighted by Crippen LogP contribution is -2.39. The minimum Gasteiger partial charge on any atom is -0.347 e. The molecule has 2 aromatic heterocycles. The molecule has 7 nitrogen and oxygen atoms in total. The molecule has 134 valence electrons. The van der Waals surface area contributed by atoms with E-state index in [0.717, 1.165) is 41.2 Å². The first kappa shape index (κ1) is 17.6. The zero-order valence-electron chi connectivity index (χ0n) is 14.5. The van der Waals surface area contributed by atoms with E-state index in [4.69, 9.17) is 0 Å². The third-order valence-electron chi connectivity index (χ3n) is 4.63. The summed E-state index contributed by atoms with van der Waals surface area (Å²) >= 11 is 1.50. The molecule has 0 spiro atoms. The number of amides is 2. The predicted octanol–water partition coefficient (Wildman–Crippen LogP) is 1.20. The third-order valence-corrected chi connectivity index (χ3v) is 5.75. The van der Waals surface area contributed by atoms with Crippen molar-refractivity contribution in [2.45, 2.75) is 39.7 Å².